The summed E-state index contributed by atoms with van der Waals surface area (Å²) in [5, 5.41) is 7.04. The van der Waals surface area contributed by atoms with Crippen molar-refractivity contribution < 1.29 is 9.32 Å². The van der Waals surface area contributed by atoms with Gasteiger partial charge in [-0.1, -0.05) is 12.1 Å². The van der Waals surface area contributed by atoms with Crippen molar-refractivity contribution in [1.82, 2.24) is 20.4 Å². The zero-order valence-corrected chi connectivity index (χ0v) is 11.0. The molecule has 0 saturated carbocycles. The first-order valence-electron chi connectivity index (χ1n) is 6.54. The molecule has 6 nitrogen and oxygen atoms in total. The molecule has 0 aliphatic carbocycles. The lowest BCUT2D eigenvalue weighted by molar-refractivity contribution is 0.0633. The smallest absolute Gasteiger partial charge is 0.295 e. The van der Waals surface area contributed by atoms with Crippen molar-refractivity contribution in [3.63, 3.8) is 0 Å². The summed E-state index contributed by atoms with van der Waals surface area (Å²) in [6.45, 7) is 6.38. The molecule has 0 bridgehead atoms. The lowest BCUT2D eigenvalue weighted by Crippen LogP contribution is -2.49. The van der Waals surface area contributed by atoms with Gasteiger partial charge in [-0.3, -0.25) is 4.79 Å². The number of aromatic nitrogens is 2. The Morgan fingerprint density at radius 2 is 2.44 bits per heavy atom. The first-order chi connectivity index (χ1) is 8.72. The first-order valence-corrected chi connectivity index (χ1v) is 6.54. The maximum absolute atomic E-state index is 12.4. The van der Waals surface area contributed by atoms with Crippen LogP contribution in [0.3, 0.4) is 0 Å². The molecule has 1 aliphatic heterocycles. The van der Waals surface area contributed by atoms with Crippen LogP contribution in [0.25, 0.3) is 0 Å². The van der Waals surface area contributed by atoms with E-state index in [0.717, 1.165) is 38.9 Å². The zero-order chi connectivity index (χ0) is 13.0. The van der Waals surface area contributed by atoms with Crippen LogP contribution in [0.1, 0.15) is 42.7 Å². The minimum Gasteiger partial charge on any atom is -0.339 e. The summed E-state index contributed by atoms with van der Waals surface area (Å²) < 4.78 is 4.88. The Morgan fingerprint density at radius 3 is 3.00 bits per heavy atom. The molecule has 0 radical (unpaired) electrons. The van der Waals surface area contributed by atoms with Crippen LogP contribution in [0.2, 0.25) is 0 Å². The van der Waals surface area contributed by atoms with Gasteiger partial charge in [-0.25, -0.2) is 0 Å². The SMILES string of the molecule is CCCN(C(=O)c1noc(C)n1)C1CCCNC1. The van der Waals surface area contributed by atoms with Crippen LogP contribution in [0.4, 0.5) is 0 Å². The Balaban J connectivity index is 2.10. The molecule has 6 heteroatoms. The molecule has 18 heavy (non-hydrogen) atoms. The van der Waals surface area contributed by atoms with Gasteiger partial charge in [-0.2, -0.15) is 4.98 Å². The quantitative estimate of drug-likeness (QED) is 0.865. The molecule has 2 rings (SSSR count). The highest BCUT2D eigenvalue weighted by Crippen LogP contribution is 2.14. The summed E-state index contributed by atoms with van der Waals surface area (Å²) in [5.41, 5.74) is 0. The number of hydrogen-bond donors (Lipinski definition) is 1. The fourth-order valence-electron chi connectivity index (χ4n) is 2.30. The molecule has 1 unspecified atom stereocenters. The van der Waals surface area contributed by atoms with Gasteiger partial charge >= 0.3 is 0 Å². The number of piperidine rings is 1. The number of rotatable bonds is 4. The number of aryl methyl sites for hydroxylation is 1. The van der Waals surface area contributed by atoms with E-state index in [1.807, 2.05) is 4.90 Å². The van der Waals surface area contributed by atoms with Crippen molar-refractivity contribution in [3.8, 4) is 0 Å². The highest BCUT2D eigenvalue weighted by atomic mass is 16.5. The zero-order valence-electron chi connectivity index (χ0n) is 11.0. The Labute approximate surface area is 107 Å². The molecule has 1 atom stereocenters. The van der Waals surface area contributed by atoms with Crippen molar-refractivity contribution in [1.29, 1.82) is 0 Å². The lowest BCUT2D eigenvalue weighted by atomic mass is 10.1. The number of hydrogen-bond acceptors (Lipinski definition) is 5. The standard InChI is InChI=1S/C12H20N4O2/c1-3-7-16(10-5-4-6-13-8-10)12(17)11-14-9(2)18-15-11/h10,13H,3-8H2,1-2H3. The molecule has 1 aliphatic rings. The normalized spacial score (nSPS) is 19.8. The predicted octanol–water partition coefficient (Wildman–Crippen LogP) is 0.982. The van der Waals surface area contributed by atoms with E-state index >= 15 is 0 Å². The number of amides is 1. The third kappa shape index (κ3) is 2.87. The van der Waals surface area contributed by atoms with E-state index in [9.17, 15) is 4.79 Å². The average molecular weight is 252 g/mol. The molecule has 1 amide bonds. The average Bonchev–Trinajstić information content (AvgIpc) is 2.83. The minimum absolute atomic E-state index is 0.123. The van der Waals surface area contributed by atoms with E-state index in [2.05, 4.69) is 22.4 Å². The molecule has 2 heterocycles. The highest BCUT2D eigenvalue weighted by Gasteiger charge is 2.28. The summed E-state index contributed by atoms with van der Waals surface area (Å²) in [5.74, 6) is 0.477. The number of nitrogens with one attached hydrogen (secondary N) is 1. The molecule has 1 aromatic rings. The summed E-state index contributed by atoms with van der Waals surface area (Å²) in [6.07, 6.45) is 3.07. The Hall–Kier alpha value is -1.43. The van der Waals surface area contributed by atoms with E-state index in [0.29, 0.717) is 5.89 Å². The van der Waals surface area contributed by atoms with Crippen LogP contribution >= 0.6 is 0 Å². The predicted molar refractivity (Wildman–Crippen MR) is 66.3 cm³/mol. The van der Waals surface area contributed by atoms with Gasteiger partial charge in [-0.15, -0.1) is 0 Å². The van der Waals surface area contributed by atoms with Crippen molar-refractivity contribution in [2.75, 3.05) is 19.6 Å². The van der Waals surface area contributed by atoms with Gasteiger partial charge in [0.1, 0.15) is 0 Å². The van der Waals surface area contributed by atoms with Gasteiger partial charge in [-0.05, 0) is 25.8 Å². The molecule has 100 valence electrons. The monoisotopic (exact) mass is 252 g/mol. The van der Waals surface area contributed by atoms with Crippen molar-refractivity contribution in [2.45, 2.75) is 39.2 Å². The Kier molecular flexibility index (Phi) is 4.30. The van der Waals surface area contributed by atoms with Gasteiger partial charge in [0.2, 0.25) is 5.89 Å². The first kappa shape index (κ1) is 13.0. The van der Waals surface area contributed by atoms with Gasteiger partial charge in [0, 0.05) is 26.1 Å². The number of nitrogens with zero attached hydrogens (tertiary/aromatic N) is 3. The lowest BCUT2D eigenvalue weighted by Gasteiger charge is -2.33. The molecule has 0 aromatic carbocycles. The van der Waals surface area contributed by atoms with E-state index in [1.54, 1.807) is 6.92 Å². The molecule has 1 aromatic heterocycles. The van der Waals surface area contributed by atoms with Crippen LogP contribution in [-0.2, 0) is 0 Å². The third-order valence-corrected chi connectivity index (χ3v) is 3.16. The van der Waals surface area contributed by atoms with Gasteiger partial charge in [0.15, 0.2) is 0 Å². The Morgan fingerprint density at radius 1 is 1.61 bits per heavy atom. The summed E-state index contributed by atoms with van der Waals surface area (Å²) in [6, 6.07) is 0.241. The van der Waals surface area contributed by atoms with Crippen LogP contribution in [-0.4, -0.2) is 46.6 Å². The third-order valence-electron chi connectivity index (χ3n) is 3.16. The summed E-state index contributed by atoms with van der Waals surface area (Å²) >= 11 is 0. The van der Waals surface area contributed by atoms with E-state index in [4.69, 9.17) is 4.52 Å². The van der Waals surface area contributed by atoms with Gasteiger partial charge in [0.05, 0.1) is 0 Å². The van der Waals surface area contributed by atoms with Crippen LogP contribution < -0.4 is 5.32 Å². The van der Waals surface area contributed by atoms with Crippen molar-refractivity contribution in [3.05, 3.63) is 11.7 Å². The number of carbonyl (C=O) groups is 1. The van der Waals surface area contributed by atoms with E-state index in [1.165, 1.54) is 0 Å². The van der Waals surface area contributed by atoms with Gasteiger partial charge < -0.3 is 14.7 Å². The fraction of sp³-hybridized carbons (Fsp3) is 0.750. The largest absolute Gasteiger partial charge is 0.339 e. The maximum atomic E-state index is 12.4. The molecule has 0 spiro atoms. The summed E-state index contributed by atoms with van der Waals surface area (Å²) in [7, 11) is 0. The summed E-state index contributed by atoms with van der Waals surface area (Å²) in [4.78, 5) is 18.3. The maximum Gasteiger partial charge on any atom is 0.295 e. The minimum atomic E-state index is -0.123. The van der Waals surface area contributed by atoms with E-state index in [-0.39, 0.29) is 17.8 Å². The van der Waals surface area contributed by atoms with Crippen LogP contribution in [0.5, 0.6) is 0 Å². The second-order valence-electron chi connectivity index (χ2n) is 4.64. The molecular weight excluding hydrogens is 232 g/mol. The second-order valence-corrected chi connectivity index (χ2v) is 4.64. The van der Waals surface area contributed by atoms with Crippen LogP contribution in [0.15, 0.2) is 4.52 Å². The number of carbonyl (C=O) groups excluding carboxylic acids is 1. The van der Waals surface area contributed by atoms with Crippen molar-refractivity contribution in [2.24, 2.45) is 0 Å². The molecule has 1 N–H and O–H groups in total. The molecule has 1 saturated heterocycles. The topological polar surface area (TPSA) is 71.3 Å². The van der Waals surface area contributed by atoms with Crippen molar-refractivity contribution >= 4 is 5.91 Å². The molecular formula is C12H20N4O2. The van der Waals surface area contributed by atoms with E-state index < -0.39 is 0 Å². The molecule has 1 fully saturated rings. The van der Waals surface area contributed by atoms with Crippen LogP contribution in [0, 0.1) is 6.92 Å². The fourth-order valence-corrected chi connectivity index (χ4v) is 2.30. The van der Waals surface area contributed by atoms with Gasteiger partial charge in [0.25, 0.3) is 11.7 Å². The Bertz CT molecular complexity index is 399. The highest BCUT2D eigenvalue weighted by molar-refractivity contribution is 5.90. The second kappa shape index (κ2) is 5.95.